The Morgan fingerprint density at radius 1 is 0.900 bits per heavy atom. The SMILES string of the molecule is O=S(=O)(c1ccc2c(c1)OCCO2)N1CCN(Cc2cccc(C(F)(F)F)c2)CC1. The molecule has 0 spiro atoms. The van der Waals surface area contributed by atoms with E-state index in [2.05, 4.69) is 0 Å². The molecule has 0 saturated carbocycles. The van der Waals surface area contributed by atoms with Crippen LogP contribution in [0.25, 0.3) is 0 Å². The minimum Gasteiger partial charge on any atom is -0.486 e. The topological polar surface area (TPSA) is 59.1 Å². The predicted molar refractivity (Wildman–Crippen MR) is 103 cm³/mol. The van der Waals surface area contributed by atoms with Crippen LogP contribution in [0.15, 0.2) is 47.4 Å². The van der Waals surface area contributed by atoms with Crippen LogP contribution in [0.1, 0.15) is 11.1 Å². The van der Waals surface area contributed by atoms with Gasteiger partial charge >= 0.3 is 6.18 Å². The number of nitrogens with zero attached hydrogens (tertiary/aromatic N) is 2. The highest BCUT2D eigenvalue weighted by atomic mass is 32.2. The van der Waals surface area contributed by atoms with Gasteiger partial charge in [0.25, 0.3) is 0 Å². The van der Waals surface area contributed by atoms with Crippen molar-refractivity contribution >= 4 is 10.0 Å². The van der Waals surface area contributed by atoms with E-state index in [-0.39, 0.29) is 18.0 Å². The van der Waals surface area contributed by atoms with Gasteiger partial charge in [0, 0.05) is 38.8 Å². The minimum atomic E-state index is -4.38. The van der Waals surface area contributed by atoms with Crippen LogP contribution in [0.4, 0.5) is 13.2 Å². The summed E-state index contributed by atoms with van der Waals surface area (Å²) in [5.41, 5.74) is -0.132. The van der Waals surface area contributed by atoms with Crippen molar-refractivity contribution in [1.29, 1.82) is 0 Å². The number of hydrogen-bond acceptors (Lipinski definition) is 5. The quantitative estimate of drug-likeness (QED) is 0.729. The van der Waals surface area contributed by atoms with E-state index in [1.54, 1.807) is 12.1 Å². The van der Waals surface area contributed by atoms with E-state index in [1.165, 1.54) is 22.5 Å². The summed E-state index contributed by atoms with van der Waals surface area (Å²) >= 11 is 0. The van der Waals surface area contributed by atoms with E-state index >= 15 is 0 Å². The summed E-state index contributed by atoms with van der Waals surface area (Å²) in [4.78, 5) is 2.09. The van der Waals surface area contributed by atoms with Crippen molar-refractivity contribution in [2.24, 2.45) is 0 Å². The van der Waals surface area contributed by atoms with Gasteiger partial charge in [0.1, 0.15) is 13.2 Å². The normalized spacial score (nSPS) is 18.4. The summed E-state index contributed by atoms with van der Waals surface area (Å²) in [6.45, 7) is 2.50. The van der Waals surface area contributed by atoms with Crippen LogP contribution in [0.3, 0.4) is 0 Å². The van der Waals surface area contributed by atoms with Gasteiger partial charge in [-0.15, -0.1) is 0 Å². The molecule has 0 bridgehead atoms. The fourth-order valence-corrected chi connectivity index (χ4v) is 5.00. The van der Waals surface area contributed by atoms with Gasteiger partial charge in [-0.25, -0.2) is 8.42 Å². The van der Waals surface area contributed by atoms with Crippen LogP contribution in [-0.4, -0.2) is 57.0 Å². The number of halogens is 3. The van der Waals surface area contributed by atoms with Gasteiger partial charge in [-0.05, 0) is 23.8 Å². The fraction of sp³-hybridized carbons (Fsp3) is 0.400. The maximum atomic E-state index is 13.0. The zero-order chi connectivity index (χ0) is 21.4. The van der Waals surface area contributed by atoms with Gasteiger partial charge in [-0.1, -0.05) is 18.2 Å². The lowest BCUT2D eigenvalue weighted by molar-refractivity contribution is -0.137. The lowest BCUT2D eigenvalue weighted by atomic mass is 10.1. The predicted octanol–water partition coefficient (Wildman–Crippen LogP) is 2.98. The van der Waals surface area contributed by atoms with Crippen molar-refractivity contribution in [3.63, 3.8) is 0 Å². The molecule has 2 aliphatic rings. The van der Waals surface area contributed by atoms with Crippen LogP contribution in [0, 0.1) is 0 Å². The van der Waals surface area contributed by atoms with Crippen molar-refractivity contribution in [3.05, 3.63) is 53.6 Å². The van der Waals surface area contributed by atoms with Crippen LogP contribution < -0.4 is 9.47 Å². The standard InChI is InChI=1S/C20H21F3N2O4S/c21-20(22,23)16-3-1-2-15(12-16)14-24-6-8-25(9-7-24)30(26,27)17-4-5-18-19(13-17)29-11-10-28-18/h1-5,12-13H,6-11,14H2. The second kappa shape index (κ2) is 8.09. The van der Waals surface area contributed by atoms with Gasteiger partial charge in [0.15, 0.2) is 11.5 Å². The summed E-state index contributed by atoms with van der Waals surface area (Å²) < 4.78 is 76.9. The van der Waals surface area contributed by atoms with Crippen LogP contribution in [0.2, 0.25) is 0 Å². The molecule has 0 N–H and O–H groups in total. The first-order valence-electron chi connectivity index (χ1n) is 9.52. The number of benzene rings is 2. The molecule has 2 aromatic carbocycles. The maximum Gasteiger partial charge on any atom is 0.416 e. The van der Waals surface area contributed by atoms with Gasteiger partial charge in [0.05, 0.1) is 10.5 Å². The smallest absolute Gasteiger partial charge is 0.416 e. The van der Waals surface area contributed by atoms with Gasteiger partial charge in [-0.3, -0.25) is 4.90 Å². The Morgan fingerprint density at radius 3 is 2.30 bits per heavy atom. The molecule has 6 nitrogen and oxygen atoms in total. The second-order valence-corrected chi connectivity index (χ2v) is 9.12. The Hall–Kier alpha value is -2.30. The van der Waals surface area contributed by atoms with Gasteiger partial charge in [0.2, 0.25) is 10.0 Å². The lowest BCUT2D eigenvalue weighted by Gasteiger charge is -2.34. The number of hydrogen-bond donors (Lipinski definition) is 0. The number of sulfonamides is 1. The highest BCUT2D eigenvalue weighted by Gasteiger charge is 2.32. The molecule has 4 rings (SSSR count). The molecule has 10 heteroatoms. The van der Waals surface area contributed by atoms with E-state index in [0.717, 1.165) is 12.1 Å². The Bertz CT molecular complexity index is 1020. The highest BCUT2D eigenvalue weighted by Crippen LogP contribution is 2.33. The van der Waals surface area contributed by atoms with E-state index in [4.69, 9.17) is 9.47 Å². The van der Waals surface area contributed by atoms with Crippen molar-refractivity contribution in [1.82, 2.24) is 9.21 Å². The van der Waals surface area contributed by atoms with Crippen LogP contribution in [-0.2, 0) is 22.7 Å². The van der Waals surface area contributed by atoms with E-state index in [0.29, 0.717) is 49.9 Å². The van der Waals surface area contributed by atoms with Crippen molar-refractivity contribution in [2.75, 3.05) is 39.4 Å². The van der Waals surface area contributed by atoms with E-state index < -0.39 is 21.8 Å². The zero-order valence-electron chi connectivity index (χ0n) is 16.1. The van der Waals surface area contributed by atoms with E-state index in [9.17, 15) is 21.6 Å². The first-order valence-corrected chi connectivity index (χ1v) is 11.0. The number of ether oxygens (including phenoxy) is 2. The lowest BCUT2D eigenvalue weighted by Crippen LogP contribution is -2.48. The molecule has 1 saturated heterocycles. The molecule has 30 heavy (non-hydrogen) atoms. The summed E-state index contributed by atoms with van der Waals surface area (Å²) in [7, 11) is -3.70. The molecule has 162 valence electrons. The Balaban J connectivity index is 1.41. The third-order valence-electron chi connectivity index (χ3n) is 5.14. The molecule has 0 aromatic heterocycles. The fourth-order valence-electron chi connectivity index (χ4n) is 3.57. The molecule has 1 fully saturated rings. The highest BCUT2D eigenvalue weighted by molar-refractivity contribution is 7.89. The maximum absolute atomic E-state index is 13.0. The number of piperazine rings is 1. The molecule has 0 aliphatic carbocycles. The summed E-state index contributed by atoms with van der Waals surface area (Å²) in [5, 5.41) is 0. The molecule has 2 aliphatic heterocycles. The molecule has 2 aromatic rings. The number of rotatable bonds is 4. The van der Waals surface area contributed by atoms with Crippen molar-refractivity contribution in [3.8, 4) is 11.5 Å². The van der Waals surface area contributed by atoms with Gasteiger partial charge in [-0.2, -0.15) is 17.5 Å². The van der Waals surface area contributed by atoms with Crippen LogP contribution >= 0.6 is 0 Å². The third-order valence-corrected chi connectivity index (χ3v) is 7.04. The summed E-state index contributed by atoms with van der Waals surface area (Å²) in [5.74, 6) is 0.927. The van der Waals surface area contributed by atoms with Crippen molar-refractivity contribution < 1.29 is 31.1 Å². The van der Waals surface area contributed by atoms with E-state index in [1.807, 2.05) is 4.90 Å². The Morgan fingerprint density at radius 2 is 1.60 bits per heavy atom. The van der Waals surface area contributed by atoms with Crippen molar-refractivity contribution in [2.45, 2.75) is 17.6 Å². The molecule has 0 unspecified atom stereocenters. The summed E-state index contributed by atoms with van der Waals surface area (Å²) in [6.07, 6.45) is -4.38. The minimum absolute atomic E-state index is 0.137. The molecular weight excluding hydrogens is 421 g/mol. The zero-order valence-corrected chi connectivity index (χ0v) is 16.9. The largest absolute Gasteiger partial charge is 0.486 e. The first-order chi connectivity index (χ1) is 14.2. The first kappa shape index (κ1) is 21.0. The van der Waals surface area contributed by atoms with Crippen LogP contribution in [0.5, 0.6) is 11.5 Å². The van der Waals surface area contributed by atoms with Gasteiger partial charge < -0.3 is 9.47 Å². The molecule has 0 amide bonds. The third kappa shape index (κ3) is 4.40. The average Bonchev–Trinajstić information content (AvgIpc) is 2.73. The molecule has 2 heterocycles. The number of alkyl halides is 3. The molecule has 0 radical (unpaired) electrons. The average molecular weight is 442 g/mol. The monoisotopic (exact) mass is 442 g/mol. The second-order valence-electron chi connectivity index (χ2n) is 7.18. The summed E-state index contributed by atoms with van der Waals surface area (Å²) in [6, 6.07) is 9.77. The molecule has 0 atom stereocenters. The Kier molecular flexibility index (Phi) is 5.65. The Labute approximate surface area is 172 Å². The molecular formula is C20H21F3N2O4S. The number of fused-ring (bicyclic) bond motifs is 1.